The number of sulfone groups is 1. The largest absolute Gasteiger partial charge is 0.385 e. The lowest BCUT2D eigenvalue weighted by molar-refractivity contribution is -0.120. The highest BCUT2D eigenvalue weighted by Crippen LogP contribution is 2.22. The van der Waals surface area contributed by atoms with Crippen molar-refractivity contribution in [2.24, 2.45) is 0 Å². The lowest BCUT2D eigenvalue weighted by Gasteiger charge is -2.07. The number of nitrogens with one attached hydrogen (secondary N) is 1. The van der Waals surface area contributed by atoms with Crippen LogP contribution in [-0.2, 0) is 19.4 Å². The van der Waals surface area contributed by atoms with Crippen molar-refractivity contribution in [3.05, 3.63) is 29.3 Å². The first-order valence-electron chi connectivity index (χ1n) is 6.70. The third kappa shape index (κ3) is 6.46. The van der Waals surface area contributed by atoms with Crippen molar-refractivity contribution >= 4 is 27.3 Å². The fourth-order valence-electron chi connectivity index (χ4n) is 1.72. The van der Waals surface area contributed by atoms with E-state index in [1.807, 2.05) is 0 Å². The summed E-state index contributed by atoms with van der Waals surface area (Å²) in [6.45, 7) is 1.17. The van der Waals surface area contributed by atoms with Crippen molar-refractivity contribution in [2.75, 3.05) is 26.0 Å². The second-order valence-corrected chi connectivity index (χ2v) is 7.03. The number of rotatable bonds is 9. The molecule has 0 aromatic heterocycles. The number of hydrogen-bond donors (Lipinski definition) is 1. The Labute approximate surface area is 130 Å². The smallest absolute Gasteiger partial charge is 0.221 e. The van der Waals surface area contributed by atoms with E-state index in [1.165, 1.54) is 12.1 Å². The van der Waals surface area contributed by atoms with Gasteiger partial charge in [-0.2, -0.15) is 0 Å². The molecule has 0 fully saturated rings. The van der Waals surface area contributed by atoms with E-state index in [-0.39, 0.29) is 28.0 Å². The summed E-state index contributed by atoms with van der Waals surface area (Å²) in [5.74, 6) is -0.524. The van der Waals surface area contributed by atoms with Gasteiger partial charge < -0.3 is 10.1 Å². The molecule has 0 unspecified atom stereocenters. The maximum absolute atomic E-state index is 12.1. The van der Waals surface area contributed by atoms with Crippen LogP contribution in [0.2, 0.25) is 5.02 Å². The van der Waals surface area contributed by atoms with E-state index in [1.54, 1.807) is 19.2 Å². The number of methoxy groups -OCH3 is 1. The molecule has 0 saturated carbocycles. The number of carbonyl (C=O) groups excluding carboxylic acids is 1. The summed E-state index contributed by atoms with van der Waals surface area (Å²) in [4.78, 5) is 11.7. The minimum absolute atomic E-state index is 0.0690. The average molecular weight is 334 g/mol. The predicted octanol–water partition coefficient (Wildman–Crippen LogP) is 2.05. The van der Waals surface area contributed by atoms with Crippen molar-refractivity contribution in [3.63, 3.8) is 0 Å². The van der Waals surface area contributed by atoms with Gasteiger partial charge in [0.1, 0.15) is 0 Å². The van der Waals surface area contributed by atoms with Crippen molar-refractivity contribution in [1.82, 2.24) is 5.32 Å². The zero-order valence-corrected chi connectivity index (χ0v) is 13.5. The molecule has 0 bridgehead atoms. The zero-order valence-electron chi connectivity index (χ0n) is 12.0. The van der Waals surface area contributed by atoms with Crippen LogP contribution in [0.15, 0.2) is 29.2 Å². The van der Waals surface area contributed by atoms with Crippen molar-refractivity contribution in [2.45, 2.75) is 24.2 Å². The molecule has 7 heteroatoms. The Kier molecular flexibility index (Phi) is 7.71. The molecule has 0 spiro atoms. The van der Waals surface area contributed by atoms with Crippen LogP contribution < -0.4 is 5.32 Å². The van der Waals surface area contributed by atoms with Gasteiger partial charge in [-0.15, -0.1) is 0 Å². The normalized spacial score (nSPS) is 11.3. The quantitative estimate of drug-likeness (QED) is 0.702. The van der Waals surface area contributed by atoms with Crippen molar-refractivity contribution in [3.8, 4) is 0 Å². The molecule has 0 radical (unpaired) electrons. The van der Waals surface area contributed by atoms with Crippen molar-refractivity contribution in [1.29, 1.82) is 0 Å². The zero-order chi connectivity index (χ0) is 15.7. The van der Waals surface area contributed by atoms with Gasteiger partial charge in [0.2, 0.25) is 5.91 Å². The van der Waals surface area contributed by atoms with Gasteiger partial charge in [-0.1, -0.05) is 23.7 Å². The number of ether oxygens (including phenoxy) is 1. The molecule has 0 aliphatic heterocycles. The summed E-state index contributed by atoms with van der Waals surface area (Å²) in [6, 6.07) is 6.23. The molecule has 21 heavy (non-hydrogen) atoms. The van der Waals surface area contributed by atoms with Crippen LogP contribution in [0.25, 0.3) is 0 Å². The van der Waals surface area contributed by atoms with Crippen LogP contribution in [0.1, 0.15) is 19.3 Å². The second kappa shape index (κ2) is 9.02. The fourth-order valence-corrected chi connectivity index (χ4v) is 3.54. The highest BCUT2D eigenvalue weighted by atomic mass is 35.5. The molecular weight excluding hydrogens is 314 g/mol. The minimum atomic E-state index is -3.54. The van der Waals surface area contributed by atoms with Gasteiger partial charge in [0, 0.05) is 26.7 Å². The van der Waals surface area contributed by atoms with Crippen LogP contribution in [0.3, 0.4) is 0 Å². The Bertz CT molecular complexity index is 560. The van der Waals surface area contributed by atoms with E-state index in [0.29, 0.717) is 13.2 Å². The highest BCUT2D eigenvalue weighted by molar-refractivity contribution is 7.91. The average Bonchev–Trinajstić information content (AvgIpc) is 2.45. The number of amides is 1. The van der Waals surface area contributed by atoms with E-state index in [0.717, 1.165) is 12.8 Å². The molecule has 0 saturated heterocycles. The Morgan fingerprint density at radius 1 is 1.29 bits per heavy atom. The van der Waals surface area contributed by atoms with E-state index < -0.39 is 9.84 Å². The van der Waals surface area contributed by atoms with Gasteiger partial charge in [0.25, 0.3) is 0 Å². The van der Waals surface area contributed by atoms with Crippen LogP contribution in [-0.4, -0.2) is 40.3 Å². The van der Waals surface area contributed by atoms with Gasteiger partial charge in [-0.05, 0) is 25.0 Å². The maximum atomic E-state index is 12.1. The third-order valence-corrected chi connectivity index (χ3v) is 5.08. The summed E-state index contributed by atoms with van der Waals surface area (Å²) >= 11 is 5.86. The lowest BCUT2D eigenvalue weighted by Crippen LogP contribution is -2.26. The molecule has 0 heterocycles. The molecule has 1 aromatic carbocycles. The maximum Gasteiger partial charge on any atom is 0.221 e. The molecule has 0 aliphatic carbocycles. The summed E-state index contributed by atoms with van der Waals surface area (Å²) in [6.07, 6.45) is 1.59. The topological polar surface area (TPSA) is 72.5 Å². The second-order valence-electron chi connectivity index (χ2n) is 4.55. The summed E-state index contributed by atoms with van der Waals surface area (Å²) in [5.41, 5.74) is 0. The molecule has 1 amide bonds. The molecule has 5 nitrogen and oxygen atoms in total. The first kappa shape index (κ1) is 17.9. The molecular formula is C14H20ClNO4S. The monoisotopic (exact) mass is 333 g/mol. The summed E-state index contributed by atoms with van der Waals surface area (Å²) in [5, 5.41) is 2.87. The molecule has 118 valence electrons. The SMILES string of the molecule is COCCCCNC(=O)CCS(=O)(=O)c1ccccc1Cl. The molecule has 0 aliphatic rings. The van der Waals surface area contributed by atoms with E-state index in [2.05, 4.69) is 5.32 Å². The third-order valence-electron chi connectivity index (χ3n) is 2.87. The first-order valence-corrected chi connectivity index (χ1v) is 8.73. The molecule has 0 atom stereocenters. The minimum Gasteiger partial charge on any atom is -0.385 e. The summed E-state index contributed by atoms with van der Waals surface area (Å²) in [7, 11) is -1.91. The molecule has 1 aromatic rings. The molecule has 1 N–H and O–H groups in total. The van der Waals surface area contributed by atoms with Crippen LogP contribution >= 0.6 is 11.6 Å². The fraction of sp³-hybridized carbons (Fsp3) is 0.500. The van der Waals surface area contributed by atoms with Gasteiger partial charge >= 0.3 is 0 Å². The van der Waals surface area contributed by atoms with Gasteiger partial charge in [-0.25, -0.2) is 8.42 Å². The lowest BCUT2D eigenvalue weighted by atomic mass is 10.3. The number of carbonyl (C=O) groups is 1. The van der Waals surface area contributed by atoms with E-state index >= 15 is 0 Å². The number of halogens is 1. The Morgan fingerprint density at radius 3 is 2.67 bits per heavy atom. The van der Waals surface area contributed by atoms with Gasteiger partial charge in [-0.3, -0.25) is 4.79 Å². The molecule has 1 rings (SSSR count). The number of unbranched alkanes of at least 4 members (excludes halogenated alkanes) is 1. The highest BCUT2D eigenvalue weighted by Gasteiger charge is 2.18. The van der Waals surface area contributed by atoms with Gasteiger partial charge in [0.05, 0.1) is 15.7 Å². The predicted molar refractivity (Wildman–Crippen MR) is 82.2 cm³/mol. The Morgan fingerprint density at radius 2 is 2.00 bits per heavy atom. The number of hydrogen-bond acceptors (Lipinski definition) is 4. The van der Waals surface area contributed by atoms with Gasteiger partial charge in [0.15, 0.2) is 9.84 Å². The Hall–Kier alpha value is -1.11. The number of benzene rings is 1. The van der Waals surface area contributed by atoms with E-state index in [4.69, 9.17) is 16.3 Å². The van der Waals surface area contributed by atoms with Crippen LogP contribution in [0, 0.1) is 0 Å². The standard InChI is InChI=1S/C14H20ClNO4S/c1-20-10-5-4-9-16-14(17)8-11-21(18,19)13-7-3-2-6-12(13)15/h2-3,6-7H,4-5,8-11H2,1H3,(H,16,17). The Balaban J connectivity index is 2.40. The van der Waals surface area contributed by atoms with Crippen LogP contribution in [0.4, 0.5) is 0 Å². The van der Waals surface area contributed by atoms with Crippen LogP contribution in [0.5, 0.6) is 0 Å². The van der Waals surface area contributed by atoms with E-state index in [9.17, 15) is 13.2 Å². The first-order chi connectivity index (χ1) is 9.97. The van der Waals surface area contributed by atoms with Crippen molar-refractivity contribution < 1.29 is 17.9 Å². The summed E-state index contributed by atoms with van der Waals surface area (Å²) < 4.78 is 29.1.